The van der Waals surface area contributed by atoms with Crippen LogP contribution in [0.2, 0.25) is 0 Å². The summed E-state index contributed by atoms with van der Waals surface area (Å²) in [4.78, 5) is 0. The second-order valence-electron chi connectivity index (χ2n) is 6.01. The minimum atomic E-state index is 1.24. The Morgan fingerprint density at radius 2 is 1.00 bits per heavy atom. The zero-order valence-electron chi connectivity index (χ0n) is 14.3. The molecule has 0 aliphatic heterocycles. The number of hydrogen-bond donors (Lipinski definition) is 0. The van der Waals surface area contributed by atoms with E-state index in [0.29, 0.717) is 0 Å². The molecule has 0 N–H and O–H groups in total. The van der Waals surface area contributed by atoms with Crippen molar-refractivity contribution in [3.63, 3.8) is 0 Å². The van der Waals surface area contributed by atoms with Crippen LogP contribution < -0.4 is 0 Å². The van der Waals surface area contributed by atoms with Gasteiger partial charge in [-0.1, -0.05) is 118 Å². The topological polar surface area (TPSA) is 0 Å². The lowest BCUT2D eigenvalue weighted by Crippen LogP contribution is -1.82. The SMILES string of the molecule is CCCC/C=C\C=C/CCCCCCCCCCCCI. The van der Waals surface area contributed by atoms with Gasteiger partial charge in [0.25, 0.3) is 0 Å². The zero-order valence-corrected chi connectivity index (χ0v) is 16.5. The van der Waals surface area contributed by atoms with E-state index < -0.39 is 0 Å². The molecule has 0 saturated carbocycles. The normalized spacial score (nSPS) is 11.9. The Kier molecular flexibility index (Phi) is 20.4. The van der Waals surface area contributed by atoms with Crippen molar-refractivity contribution in [2.24, 2.45) is 0 Å². The van der Waals surface area contributed by atoms with E-state index in [1.807, 2.05) is 0 Å². The van der Waals surface area contributed by atoms with Crippen LogP contribution in [0.15, 0.2) is 24.3 Å². The summed E-state index contributed by atoms with van der Waals surface area (Å²) in [6.45, 7) is 2.25. The van der Waals surface area contributed by atoms with Gasteiger partial charge in [0.1, 0.15) is 0 Å². The maximum Gasteiger partial charge on any atom is -0.000473 e. The molecule has 0 fully saturated rings. The smallest absolute Gasteiger partial charge is 0.000473 e. The van der Waals surface area contributed by atoms with Crippen molar-refractivity contribution < 1.29 is 0 Å². The quantitative estimate of drug-likeness (QED) is 0.106. The third-order valence-electron chi connectivity index (χ3n) is 3.86. The number of alkyl halides is 1. The number of rotatable bonds is 16. The molecule has 0 rings (SSSR count). The summed E-state index contributed by atoms with van der Waals surface area (Å²) < 4.78 is 1.33. The third kappa shape index (κ3) is 20.2. The minimum Gasteiger partial charge on any atom is -0.0864 e. The van der Waals surface area contributed by atoms with Crippen LogP contribution >= 0.6 is 22.6 Å². The Morgan fingerprint density at radius 1 is 0.571 bits per heavy atom. The summed E-state index contributed by atoms with van der Waals surface area (Å²) >= 11 is 2.48. The molecule has 0 saturated heterocycles. The lowest BCUT2D eigenvalue weighted by Gasteiger charge is -2.01. The maximum absolute atomic E-state index is 2.48. The number of unbranched alkanes of at least 4 members (excludes halogenated alkanes) is 12. The van der Waals surface area contributed by atoms with Crippen LogP contribution in [0.4, 0.5) is 0 Å². The van der Waals surface area contributed by atoms with Gasteiger partial charge in [-0.3, -0.25) is 0 Å². The summed E-state index contributed by atoms with van der Waals surface area (Å²) in [5, 5.41) is 0. The van der Waals surface area contributed by atoms with E-state index in [4.69, 9.17) is 0 Å². The van der Waals surface area contributed by atoms with Crippen molar-refractivity contribution in [1.82, 2.24) is 0 Å². The molecular formula is C20H37I. The predicted octanol–water partition coefficient (Wildman–Crippen LogP) is 8.02. The summed E-state index contributed by atoms with van der Waals surface area (Å²) in [5.74, 6) is 0. The number of halogens is 1. The largest absolute Gasteiger partial charge is 0.0864 e. The molecule has 0 aromatic rings. The van der Waals surface area contributed by atoms with E-state index in [1.165, 1.54) is 94.3 Å². The highest BCUT2D eigenvalue weighted by atomic mass is 127. The second-order valence-corrected chi connectivity index (χ2v) is 7.09. The van der Waals surface area contributed by atoms with Gasteiger partial charge in [-0.15, -0.1) is 0 Å². The van der Waals surface area contributed by atoms with Crippen LogP contribution in [-0.2, 0) is 0 Å². The van der Waals surface area contributed by atoms with Crippen LogP contribution in [-0.4, -0.2) is 4.43 Å². The molecule has 0 aromatic carbocycles. The first kappa shape index (κ1) is 21.2. The maximum atomic E-state index is 2.48. The fourth-order valence-corrected chi connectivity index (χ4v) is 2.98. The van der Waals surface area contributed by atoms with Gasteiger partial charge >= 0.3 is 0 Å². The molecule has 0 unspecified atom stereocenters. The Hall–Kier alpha value is 0.210. The van der Waals surface area contributed by atoms with Gasteiger partial charge in [-0.05, 0) is 30.1 Å². The molecule has 0 radical (unpaired) electrons. The number of hydrogen-bond acceptors (Lipinski definition) is 0. The zero-order chi connectivity index (χ0) is 15.4. The van der Waals surface area contributed by atoms with Crippen molar-refractivity contribution in [2.45, 2.75) is 96.8 Å². The van der Waals surface area contributed by atoms with Gasteiger partial charge in [0.15, 0.2) is 0 Å². The lowest BCUT2D eigenvalue weighted by atomic mass is 10.1. The molecule has 0 nitrogen and oxygen atoms in total. The van der Waals surface area contributed by atoms with Crippen LogP contribution in [0.1, 0.15) is 96.8 Å². The van der Waals surface area contributed by atoms with E-state index in [0.717, 1.165) is 0 Å². The Balaban J connectivity index is 3.08. The number of allylic oxidation sites excluding steroid dienone is 4. The minimum absolute atomic E-state index is 1.24. The average Bonchev–Trinajstić information content (AvgIpc) is 2.50. The van der Waals surface area contributed by atoms with Crippen LogP contribution in [0.3, 0.4) is 0 Å². The first-order valence-electron chi connectivity index (χ1n) is 9.29. The molecule has 0 aliphatic carbocycles. The van der Waals surface area contributed by atoms with Crippen molar-refractivity contribution in [3.8, 4) is 0 Å². The van der Waals surface area contributed by atoms with Crippen LogP contribution in [0.5, 0.6) is 0 Å². The first-order chi connectivity index (χ1) is 10.4. The molecule has 0 bridgehead atoms. The van der Waals surface area contributed by atoms with Crippen LogP contribution in [0.25, 0.3) is 0 Å². The molecule has 0 spiro atoms. The third-order valence-corrected chi connectivity index (χ3v) is 4.62. The van der Waals surface area contributed by atoms with Gasteiger partial charge in [-0.25, -0.2) is 0 Å². The van der Waals surface area contributed by atoms with Crippen LogP contribution in [0, 0.1) is 0 Å². The van der Waals surface area contributed by atoms with Crippen molar-refractivity contribution in [3.05, 3.63) is 24.3 Å². The van der Waals surface area contributed by atoms with Crippen molar-refractivity contribution in [1.29, 1.82) is 0 Å². The average molecular weight is 404 g/mol. The van der Waals surface area contributed by atoms with Gasteiger partial charge in [0, 0.05) is 0 Å². The molecule has 0 atom stereocenters. The van der Waals surface area contributed by atoms with Gasteiger partial charge in [0.2, 0.25) is 0 Å². The van der Waals surface area contributed by atoms with E-state index >= 15 is 0 Å². The monoisotopic (exact) mass is 404 g/mol. The lowest BCUT2D eigenvalue weighted by molar-refractivity contribution is 0.559. The van der Waals surface area contributed by atoms with E-state index in [-0.39, 0.29) is 0 Å². The standard InChI is InChI=1S/C20H37I/c1-2-3-4-5-6-7-8-9-10-11-12-13-14-15-16-17-18-19-20-21/h5-8H,2-4,9-20H2,1H3/b6-5-,8-7-. The summed E-state index contributed by atoms with van der Waals surface area (Å²) in [6, 6.07) is 0. The first-order valence-corrected chi connectivity index (χ1v) is 10.8. The summed E-state index contributed by atoms with van der Waals surface area (Å²) in [5.41, 5.74) is 0. The molecule has 124 valence electrons. The van der Waals surface area contributed by atoms with Crippen molar-refractivity contribution in [2.75, 3.05) is 4.43 Å². The molecular weight excluding hydrogens is 367 g/mol. The second kappa shape index (κ2) is 20.2. The van der Waals surface area contributed by atoms with Gasteiger partial charge in [0.05, 0.1) is 0 Å². The Bertz CT molecular complexity index is 230. The van der Waals surface area contributed by atoms with E-state index in [1.54, 1.807) is 0 Å². The molecule has 21 heavy (non-hydrogen) atoms. The highest BCUT2D eigenvalue weighted by Gasteiger charge is 1.92. The Labute approximate surface area is 148 Å². The molecule has 0 aliphatic rings. The fourth-order valence-electron chi connectivity index (χ4n) is 2.44. The van der Waals surface area contributed by atoms with E-state index in [2.05, 4.69) is 53.8 Å². The molecule has 0 amide bonds. The molecule has 1 heteroatoms. The Morgan fingerprint density at radius 3 is 1.48 bits per heavy atom. The predicted molar refractivity (Wildman–Crippen MR) is 107 cm³/mol. The van der Waals surface area contributed by atoms with Gasteiger partial charge < -0.3 is 0 Å². The van der Waals surface area contributed by atoms with E-state index in [9.17, 15) is 0 Å². The summed E-state index contributed by atoms with van der Waals surface area (Å²) in [6.07, 6.45) is 28.6. The van der Waals surface area contributed by atoms with Crippen molar-refractivity contribution >= 4 is 22.6 Å². The molecule has 0 aromatic heterocycles. The summed E-state index contributed by atoms with van der Waals surface area (Å²) in [7, 11) is 0. The highest BCUT2D eigenvalue weighted by molar-refractivity contribution is 14.1. The fraction of sp³-hybridized carbons (Fsp3) is 0.800. The van der Waals surface area contributed by atoms with Gasteiger partial charge in [-0.2, -0.15) is 0 Å². The highest BCUT2D eigenvalue weighted by Crippen LogP contribution is 2.11. The molecule has 0 heterocycles.